The van der Waals surface area contributed by atoms with Crippen LogP contribution in [0.3, 0.4) is 0 Å². The van der Waals surface area contributed by atoms with Gasteiger partial charge in [-0.2, -0.15) is 4.31 Å². The van der Waals surface area contributed by atoms with Gasteiger partial charge in [-0.25, -0.2) is 8.42 Å². The minimum Gasteiger partial charge on any atom is -0.494 e. The second-order valence-electron chi connectivity index (χ2n) is 7.08. The summed E-state index contributed by atoms with van der Waals surface area (Å²) in [6, 6.07) is 12.7. The lowest BCUT2D eigenvalue weighted by atomic mass is 10.2. The van der Waals surface area contributed by atoms with E-state index >= 15 is 0 Å². The summed E-state index contributed by atoms with van der Waals surface area (Å²) in [5, 5.41) is 2.81. The topological polar surface area (TPSA) is 84.9 Å². The van der Waals surface area contributed by atoms with Crippen LogP contribution < -0.4 is 10.1 Å². The van der Waals surface area contributed by atoms with Crippen molar-refractivity contribution >= 4 is 33.4 Å². The van der Waals surface area contributed by atoms with E-state index in [-0.39, 0.29) is 16.6 Å². The van der Waals surface area contributed by atoms with Crippen LogP contribution in [-0.2, 0) is 25.3 Å². The highest BCUT2D eigenvalue weighted by Crippen LogP contribution is 2.26. The second kappa shape index (κ2) is 11.0. The van der Waals surface area contributed by atoms with Crippen LogP contribution in [0.1, 0.15) is 18.1 Å². The number of nitrogens with one attached hydrogen (secondary N) is 1. The fraction of sp³-hybridized carbons (Fsp3) is 0.409. The Bertz CT molecular complexity index is 1000. The molecule has 168 valence electrons. The van der Waals surface area contributed by atoms with E-state index in [1.54, 1.807) is 19.1 Å². The normalized spacial score (nSPS) is 14.9. The highest BCUT2D eigenvalue weighted by Gasteiger charge is 2.28. The molecule has 2 aromatic rings. The number of nitrogens with zero attached hydrogens (tertiary/aromatic N) is 1. The SMILES string of the molecule is CCOc1ccccc1CSCC(=O)Nc1ccc(C)c(S(=O)(=O)N2CCOCC2)c1. The molecule has 7 nitrogen and oxygen atoms in total. The molecule has 1 fully saturated rings. The van der Waals surface area contributed by atoms with Crippen LogP contribution in [0.15, 0.2) is 47.4 Å². The fourth-order valence-corrected chi connectivity index (χ4v) is 5.73. The predicted molar refractivity (Wildman–Crippen MR) is 123 cm³/mol. The number of para-hydroxylation sites is 1. The van der Waals surface area contributed by atoms with Gasteiger partial charge in [-0.3, -0.25) is 4.79 Å². The molecule has 1 aliphatic heterocycles. The quantitative estimate of drug-likeness (QED) is 0.613. The number of sulfonamides is 1. The molecule has 31 heavy (non-hydrogen) atoms. The number of carbonyl (C=O) groups is 1. The first-order valence-electron chi connectivity index (χ1n) is 10.2. The van der Waals surface area contributed by atoms with Gasteiger partial charge in [-0.1, -0.05) is 24.3 Å². The Labute approximate surface area is 188 Å². The van der Waals surface area contributed by atoms with Gasteiger partial charge in [0.15, 0.2) is 0 Å². The highest BCUT2D eigenvalue weighted by atomic mass is 32.2. The molecular formula is C22H28N2O5S2. The number of thioether (sulfide) groups is 1. The second-order valence-corrected chi connectivity index (χ2v) is 9.97. The first-order valence-corrected chi connectivity index (χ1v) is 12.8. The van der Waals surface area contributed by atoms with Crippen molar-refractivity contribution in [3.63, 3.8) is 0 Å². The molecule has 0 bridgehead atoms. The summed E-state index contributed by atoms with van der Waals surface area (Å²) in [6.45, 7) is 5.72. The van der Waals surface area contributed by atoms with Crippen molar-refractivity contribution in [2.24, 2.45) is 0 Å². The zero-order valence-corrected chi connectivity index (χ0v) is 19.4. The number of ether oxygens (including phenoxy) is 2. The number of benzene rings is 2. The standard InChI is InChI=1S/C22H28N2O5S2/c1-3-29-20-7-5-4-6-18(20)15-30-16-22(25)23-19-9-8-17(2)21(14-19)31(26,27)24-10-12-28-13-11-24/h4-9,14H,3,10-13,15-16H2,1-2H3,(H,23,25). The van der Waals surface area contributed by atoms with Crippen molar-refractivity contribution in [2.45, 2.75) is 24.5 Å². The van der Waals surface area contributed by atoms with E-state index in [9.17, 15) is 13.2 Å². The van der Waals surface area contributed by atoms with Crippen molar-refractivity contribution in [1.29, 1.82) is 0 Å². The number of anilines is 1. The molecule has 0 atom stereocenters. The molecule has 1 saturated heterocycles. The van der Waals surface area contributed by atoms with Gasteiger partial charge in [0, 0.05) is 30.1 Å². The Morgan fingerprint density at radius 1 is 1.19 bits per heavy atom. The zero-order valence-electron chi connectivity index (χ0n) is 17.8. The molecule has 0 spiro atoms. The number of amides is 1. The van der Waals surface area contributed by atoms with Crippen LogP contribution in [-0.4, -0.2) is 57.3 Å². The molecule has 1 N–H and O–H groups in total. The third-order valence-electron chi connectivity index (χ3n) is 4.82. The number of morpholine rings is 1. The van der Waals surface area contributed by atoms with E-state index in [1.165, 1.54) is 22.1 Å². The molecule has 9 heteroatoms. The lowest BCUT2D eigenvalue weighted by molar-refractivity contribution is -0.113. The van der Waals surface area contributed by atoms with E-state index in [2.05, 4.69) is 5.32 Å². The van der Waals surface area contributed by atoms with Gasteiger partial charge < -0.3 is 14.8 Å². The van der Waals surface area contributed by atoms with Crippen LogP contribution in [0.4, 0.5) is 5.69 Å². The maximum atomic E-state index is 13.0. The van der Waals surface area contributed by atoms with Crippen molar-refractivity contribution in [1.82, 2.24) is 4.31 Å². The summed E-state index contributed by atoms with van der Waals surface area (Å²) in [5.41, 5.74) is 2.15. The van der Waals surface area contributed by atoms with Crippen molar-refractivity contribution < 1.29 is 22.7 Å². The summed E-state index contributed by atoms with van der Waals surface area (Å²) in [7, 11) is -3.63. The Morgan fingerprint density at radius 2 is 1.94 bits per heavy atom. The lowest BCUT2D eigenvalue weighted by Gasteiger charge is -2.26. The fourth-order valence-electron chi connectivity index (χ4n) is 3.25. The third-order valence-corrected chi connectivity index (χ3v) is 7.85. The summed E-state index contributed by atoms with van der Waals surface area (Å²) >= 11 is 1.48. The first-order chi connectivity index (χ1) is 14.9. The van der Waals surface area contributed by atoms with Gasteiger partial charge >= 0.3 is 0 Å². The minimum atomic E-state index is -3.63. The molecule has 1 heterocycles. The minimum absolute atomic E-state index is 0.183. The molecule has 0 radical (unpaired) electrons. The number of hydrogen-bond donors (Lipinski definition) is 1. The average Bonchev–Trinajstić information content (AvgIpc) is 2.77. The number of carbonyl (C=O) groups excluding carboxylic acids is 1. The largest absolute Gasteiger partial charge is 0.494 e. The smallest absolute Gasteiger partial charge is 0.243 e. The molecule has 0 unspecified atom stereocenters. The Balaban J connectivity index is 1.61. The van der Waals surface area contributed by atoms with Crippen LogP contribution in [0, 0.1) is 6.92 Å². The van der Waals surface area contributed by atoms with Gasteiger partial charge in [0.1, 0.15) is 5.75 Å². The first kappa shape index (κ1) is 23.6. The van der Waals surface area contributed by atoms with E-state index in [4.69, 9.17) is 9.47 Å². The van der Waals surface area contributed by atoms with E-state index in [1.807, 2.05) is 31.2 Å². The molecule has 1 aliphatic rings. The van der Waals surface area contributed by atoms with Crippen molar-refractivity contribution in [2.75, 3.05) is 44.0 Å². The van der Waals surface area contributed by atoms with Crippen LogP contribution in [0.25, 0.3) is 0 Å². The summed E-state index contributed by atoms with van der Waals surface area (Å²) < 4.78 is 38.3. The van der Waals surface area contributed by atoms with Gasteiger partial charge in [0.25, 0.3) is 0 Å². The summed E-state index contributed by atoms with van der Waals surface area (Å²) in [5.74, 6) is 1.54. The predicted octanol–water partition coefficient (Wildman–Crippen LogP) is 3.29. The highest BCUT2D eigenvalue weighted by molar-refractivity contribution is 7.99. The van der Waals surface area contributed by atoms with Gasteiger partial charge in [-0.15, -0.1) is 11.8 Å². The van der Waals surface area contributed by atoms with E-state index in [0.717, 1.165) is 11.3 Å². The van der Waals surface area contributed by atoms with Gasteiger partial charge in [-0.05, 0) is 37.6 Å². The van der Waals surface area contributed by atoms with E-state index in [0.29, 0.717) is 49.9 Å². The monoisotopic (exact) mass is 464 g/mol. The molecule has 3 rings (SSSR count). The zero-order chi connectivity index (χ0) is 22.3. The summed E-state index contributed by atoms with van der Waals surface area (Å²) in [6.07, 6.45) is 0. The molecule has 1 amide bonds. The number of hydrogen-bond acceptors (Lipinski definition) is 6. The van der Waals surface area contributed by atoms with Crippen molar-refractivity contribution in [3.8, 4) is 5.75 Å². The molecule has 0 aromatic heterocycles. The molecule has 2 aromatic carbocycles. The lowest BCUT2D eigenvalue weighted by Crippen LogP contribution is -2.40. The Hall–Kier alpha value is -2.07. The molecule has 0 saturated carbocycles. The summed E-state index contributed by atoms with van der Waals surface area (Å²) in [4.78, 5) is 12.6. The number of aryl methyl sites for hydroxylation is 1. The van der Waals surface area contributed by atoms with Crippen LogP contribution in [0.5, 0.6) is 5.75 Å². The average molecular weight is 465 g/mol. The Kier molecular flexibility index (Phi) is 8.36. The Morgan fingerprint density at radius 3 is 2.68 bits per heavy atom. The van der Waals surface area contributed by atoms with Gasteiger partial charge in [0.05, 0.1) is 30.5 Å². The van der Waals surface area contributed by atoms with E-state index < -0.39 is 10.0 Å². The van der Waals surface area contributed by atoms with Crippen LogP contribution in [0.2, 0.25) is 0 Å². The third kappa shape index (κ3) is 6.22. The van der Waals surface area contributed by atoms with Gasteiger partial charge in [0.2, 0.25) is 15.9 Å². The molecule has 0 aliphatic carbocycles. The molecular weight excluding hydrogens is 436 g/mol. The van der Waals surface area contributed by atoms with Crippen molar-refractivity contribution in [3.05, 3.63) is 53.6 Å². The number of rotatable bonds is 9. The van der Waals surface area contributed by atoms with Crippen LogP contribution >= 0.6 is 11.8 Å². The maximum absolute atomic E-state index is 13.0. The maximum Gasteiger partial charge on any atom is 0.243 e.